The van der Waals surface area contributed by atoms with Crippen LogP contribution in [-0.2, 0) is 11.2 Å². The Kier molecular flexibility index (Phi) is 4.70. The molecule has 0 radical (unpaired) electrons. The highest BCUT2D eigenvalue weighted by Crippen LogP contribution is 2.21. The van der Waals surface area contributed by atoms with Crippen LogP contribution in [-0.4, -0.2) is 29.5 Å². The minimum absolute atomic E-state index is 0.0792. The zero-order chi connectivity index (χ0) is 16.9. The van der Waals surface area contributed by atoms with Crippen LogP contribution < -0.4 is 10.2 Å². The maximum Gasteiger partial charge on any atom is 0.243 e. The Balaban J connectivity index is 1.71. The Morgan fingerprint density at radius 3 is 2.58 bits per heavy atom. The van der Waals surface area contributed by atoms with Gasteiger partial charge in [0, 0.05) is 18.1 Å². The molecule has 122 valence electrons. The summed E-state index contributed by atoms with van der Waals surface area (Å²) in [6, 6.07) is 15.7. The lowest BCUT2D eigenvalue weighted by atomic mass is 10.1. The Morgan fingerprint density at radius 1 is 1.08 bits per heavy atom. The van der Waals surface area contributed by atoms with Gasteiger partial charge in [0.1, 0.15) is 12.1 Å². The average Bonchev–Trinajstić information content (AvgIpc) is 2.61. The van der Waals surface area contributed by atoms with Gasteiger partial charge in [0.2, 0.25) is 5.91 Å². The monoisotopic (exact) mass is 320 g/mol. The Morgan fingerprint density at radius 2 is 1.83 bits per heavy atom. The van der Waals surface area contributed by atoms with Crippen molar-refractivity contribution in [2.24, 2.45) is 0 Å². The molecule has 5 heteroatoms. The number of fused-ring (bicyclic) bond motifs is 1. The maximum absolute atomic E-state index is 12.3. The van der Waals surface area contributed by atoms with Crippen LogP contribution in [0.1, 0.15) is 12.5 Å². The first-order chi connectivity index (χ1) is 11.7. The predicted octanol–water partition coefficient (Wildman–Crippen LogP) is 3.27. The van der Waals surface area contributed by atoms with Crippen molar-refractivity contribution in [3.63, 3.8) is 0 Å². The molecule has 0 aliphatic rings. The number of hydrogen-bond acceptors (Lipinski definition) is 4. The summed E-state index contributed by atoms with van der Waals surface area (Å²) >= 11 is 0. The molecular weight excluding hydrogens is 300 g/mol. The summed E-state index contributed by atoms with van der Waals surface area (Å²) in [6.07, 6.45) is 2.51. The number of para-hydroxylation sites is 1. The number of amides is 1. The molecule has 0 aliphatic heterocycles. The van der Waals surface area contributed by atoms with Crippen molar-refractivity contribution in [3.05, 3.63) is 60.4 Å². The molecule has 1 N–H and O–H groups in total. The van der Waals surface area contributed by atoms with E-state index in [1.807, 2.05) is 60.5 Å². The zero-order valence-corrected chi connectivity index (χ0v) is 13.9. The summed E-state index contributed by atoms with van der Waals surface area (Å²) in [4.78, 5) is 22.7. The molecule has 1 heterocycles. The van der Waals surface area contributed by atoms with E-state index in [1.54, 1.807) is 0 Å². The van der Waals surface area contributed by atoms with Crippen LogP contribution in [0.4, 0.5) is 11.5 Å². The quantitative estimate of drug-likeness (QED) is 0.784. The fraction of sp³-hybridized carbons (Fsp3) is 0.211. The van der Waals surface area contributed by atoms with Crippen molar-refractivity contribution in [3.8, 4) is 0 Å². The predicted molar refractivity (Wildman–Crippen MR) is 97.3 cm³/mol. The standard InChI is InChI=1S/C19H20N4O/c1-3-14-8-10-15(11-9-14)22-18(24)12-23(2)19-16-6-4-5-7-17(16)20-13-21-19/h4-11,13H,3,12H2,1-2H3,(H,22,24). The van der Waals surface area contributed by atoms with Gasteiger partial charge >= 0.3 is 0 Å². The molecule has 1 amide bonds. The van der Waals surface area contributed by atoms with Crippen LogP contribution in [0, 0.1) is 0 Å². The van der Waals surface area contributed by atoms with E-state index in [0.717, 1.165) is 28.8 Å². The van der Waals surface area contributed by atoms with Crippen molar-refractivity contribution < 1.29 is 4.79 Å². The van der Waals surface area contributed by atoms with Gasteiger partial charge in [-0.25, -0.2) is 9.97 Å². The largest absolute Gasteiger partial charge is 0.350 e. The normalized spacial score (nSPS) is 10.6. The van der Waals surface area contributed by atoms with Crippen molar-refractivity contribution in [1.82, 2.24) is 9.97 Å². The lowest BCUT2D eigenvalue weighted by Gasteiger charge is -2.19. The molecule has 2 aromatic carbocycles. The van der Waals surface area contributed by atoms with Gasteiger partial charge in [-0.15, -0.1) is 0 Å². The summed E-state index contributed by atoms with van der Waals surface area (Å²) in [5, 5.41) is 3.85. The highest BCUT2D eigenvalue weighted by molar-refractivity contribution is 5.96. The van der Waals surface area contributed by atoms with Gasteiger partial charge in [-0.1, -0.05) is 31.2 Å². The molecule has 0 spiro atoms. The van der Waals surface area contributed by atoms with Gasteiger partial charge in [-0.3, -0.25) is 4.79 Å². The molecule has 0 saturated carbocycles. The maximum atomic E-state index is 12.3. The van der Waals surface area contributed by atoms with E-state index in [-0.39, 0.29) is 12.5 Å². The van der Waals surface area contributed by atoms with Crippen LogP contribution in [0.2, 0.25) is 0 Å². The second kappa shape index (κ2) is 7.08. The van der Waals surface area contributed by atoms with Crippen LogP contribution in [0.25, 0.3) is 10.9 Å². The third kappa shape index (κ3) is 3.51. The van der Waals surface area contributed by atoms with Gasteiger partial charge in [0.15, 0.2) is 0 Å². The van der Waals surface area contributed by atoms with Gasteiger partial charge in [0.05, 0.1) is 12.1 Å². The molecule has 0 saturated heterocycles. The fourth-order valence-electron chi connectivity index (χ4n) is 2.61. The Labute approximate surface area is 141 Å². The van der Waals surface area contributed by atoms with Crippen LogP contribution >= 0.6 is 0 Å². The average molecular weight is 320 g/mol. The summed E-state index contributed by atoms with van der Waals surface area (Å²) in [5.41, 5.74) is 2.92. The number of carbonyl (C=O) groups is 1. The number of aromatic nitrogens is 2. The van der Waals surface area contributed by atoms with Crippen LogP contribution in [0.5, 0.6) is 0 Å². The first-order valence-electron chi connectivity index (χ1n) is 7.97. The van der Waals surface area contributed by atoms with E-state index < -0.39 is 0 Å². The molecule has 1 aromatic heterocycles. The molecule has 0 fully saturated rings. The second-order valence-electron chi connectivity index (χ2n) is 5.67. The molecule has 5 nitrogen and oxygen atoms in total. The number of benzene rings is 2. The topological polar surface area (TPSA) is 58.1 Å². The van der Waals surface area contributed by atoms with E-state index >= 15 is 0 Å². The highest BCUT2D eigenvalue weighted by Gasteiger charge is 2.12. The van der Waals surface area contributed by atoms with E-state index in [4.69, 9.17) is 0 Å². The highest BCUT2D eigenvalue weighted by atomic mass is 16.2. The van der Waals surface area contributed by atoms with Gasteiger partial charge in [0.25, 0.3) is 0 Å². The number of likely N-dealkylation sites (N-methyl/N-ethyl adjacent to an activating group) is 1. The van der Waals surface area contributed by atoms with E-state index in [1.165, 1.54) is 11.9 Å². The van der Waals surface area contributed by atoms with Crippen molar-refractivity contribution in [1.29, 1.82) is 0 Å². The molecule has 0 atom stereocenters. The molecule has 24 heavy (non-hydrogen) atoms. The first kappa shape index (κ1) is 15.9. The first-order valence-corrected chi connectivity index (χ1v) is 7.97. The third-order valence-electron chi connectivity index (χ3n) is 3.91. The number of nitrogens with zero attached hydrogens (tertiary/aromatic N) is 3. The minimum Gasteiger partial charge on any atom is -0.350 e. The molecule has 0 aliphatic carbocycles. The molecular formula is C19H20N4O. The third-order valence-corrected chi connectivity index (χ3v) is 3.91. The number of anilines is 2. The number of rotatable bonds is 5. The SMILES string of the molecule is CCc1ccc(NC(=O)CN(C)c2ncnc3ccccc23)cc1. The number of carbonyl (C=O) groups excluding carboxylic acids is 1. The summed E-state index contributed by atoms with van der Waals surface area (Å²) < 4.78 is 0. The van der Waals surface area contributed by atoms with E-state index in [9.17, 15) is 4.79 Å². The lowest BCUT2D eigenvalue weighted by Crippen LogP contribution is -2.30. The van der Waals surface area contributed by atoms with Crippen molar-refractivity contribution >= 4 is 28.3 Å². The molecule has 0 bridgehead atoms. The van der Waals surface area contributed by atoms with Crippen molar-refractivity contribution in [2.45, 2.75) is 13.3 Å². The summed E-state index contributed by atoms with van der Waals surface area (Å²) in [6.45, 7) is 2.32. The molecule has 0 unspecified atom stereocenters. The van der Waals surface area contributed by atoms with Crippen LogP contribution in [0.3, 0.4) is 0 Å². The lowest BCUT2D eigenvalue weighted by molar-refractivity contribution is -0.114. The Bertz CT molecular complexity index is 840. The summed E-state index contributed by atoms with van der Waals surface area (Å²) in [7, 11) is 1.86. The number of nitrogens with one attached hydrogen (secondary N) is 1. The van der Waals surface area contributed by atoms with Crippen molar-refractivity contribution in [2.75, 3.05) is 23.8 Å². The Hall–Kier alpha value is -2.95. The number of aryl methyl sites for hydroxylation is 1. The van der Waals surface area contributed by atoms with E-state index in [2.05, 4.69) is 22.2 Å². The van der Waals surface area contributed by atoms with E-state index in [0.29, 0.717) is 0 Å². The summed E-state index contributed by atoms with van der Waals surface area (Å²) in [5.74, 6) is 0.668. The zero-order valence-electron chi connectivity index (χ0n) is 13.9. The van der Waals surface area contributed by atoms with Crippen LogP contribution in [0.15, 0.2) is 54.9 Å². The molecule has 3 aromatic rings. The number of hydrogen-bond donors (Lipinski definition) is 1. The smallest absolute Gasteiger partial charge is 0.243 e. The van der Waals surface area contributed by atoms with Gasteiger partial charge in [-0.05, 0) is 36.2 Å². The fourth-order valence-corrected chi connectivity index (χ4v) is 2.61. The van der Waals surface area contributed by atoms with Gasteiger partial charge < -0.3 is 10.2 Å². The van der Waals surface area contributed by atoms with Gasteiger partial charge in [-0.2, -0.15) is 0 Å². The minimum atomic E-state index is -0.0792. The molecule has 3 rings (SSSR count). The second-order valence-corrected chi connectivity index (χ2v) is 5.67.